The Hall–Kier alpha value is -0.450. The average Bonchev–Trinajstić information content (AvgIpc) is 2.23. The molecule has 5 heteroatoms. The molecule has 0 aliphatic heterocycles. The summed E-state index contributed by atoms with van der Waals surface area (Å²) in [4.78, 5) is 0.327. The summed E-state index contributed by atoms with van der Waals surface area (Å²) >= 11 is 12.7. The van der Waals surface area contributed by atoms with Gasteiger partial charge in [0.2, 0.25) is 0 Å². The van der Waals surface area contributed by atoms with Gasteiger partial charge in [0.1, 0.15) is 10.7 Å². The first-order valence-electron chi connectivity index (χ1n) is 5.34. The quantitative estimate of drug-likeness (QED) is 0.642. The van der Waals surface area contributed by atoms with Gasteiger partial charge in [-0.25, -0.2) is 0 Å². The molecular formula is C12H16ClNOS2. The minimum atomic E-state index is 0.327. The van der Waals surface area contributed by atoms with Gasteiger partial charge in [0.15, 0.2) is 0 Å². The molecule has 1 aromatic rings. The molecule has 0 aliphatic carbocycles. The Balaban J connectivity index is 2.62. The van der Waals surface area contributed by atoms with Crippen molar-refractivity contribution in [1.29, 1.82) is 0 Å². The third kappa shape index (κ3) is 5.15. The highest BCUT2D eigenvalue weighted by Gasteiger charge is 2.07. The van der Waals surface area contributed by atoms with Gasteiger partial charge in [0.05, 0.1) is 12.2 Å². The fourth-order valence-corrected chi connectivity index (χ4v) is 2.24. The van der Waals surface area contributed by atoms with Gasteiger partial charge in [-0.15, -0.1) is 0 Å². The number of hydrogen-bond donors (Lipinski definition) is 1. The van der Waals surface area contributed by atoms with Gasteiger partial charge in [0, 0.05) is 10.8 Å². The Morgan fingerprint density at radius 2 is 2.24 bits per heavy atom. The Kier molecular flexibility index (Phi) is 6.09. The molecule has 0 bridgehead atoms. The molecule has 0 atom stereocenters. The molecule has 0 aromatic heterocycles. The van der Waals surface area contributed by atoms with Crippen molar-refractivity contribution in [2.75, 3.05) is 12.4 Å². The van der Waals surface area contributed by atoms with Crippen molar-refractivity contribution >= 4 is 40.6 Å². The van der Waals surface area contributed by atoms with Crippen molar-refractivity contribution < 1.29 is 4.74 Å². The fourth-order valence-electron chi connectivity index (χ4n) is 1.25. The molecule has 1 rings (SSSR count). The van der Waals surface area contributed by atoms with Crippen LogP contribution >= 0.6 is 35.6 Å². The van der Waals surface area contributed by atoms with E-state index >= 15 is 0 Å². The monoisotopic (exact) mass is 289 g/mol. The van der Waals surface area contributed by atoms with Crippen LogP contribution in [0.25, 0.3) is 0 Å². The van der Waals surface area contributed by atoms with E-state index in [4.69, 9.17) is 34.3 Å². The number of hydrogen-bond acceptors (Lipinski definition) is 3. The largest absolute Gasteiger partial charge is 0.492 e. The lowest BCUT2D eigenvalue weighted by Gasteiger charge is -2.11. The molecule has 17 heavy (non-hydrogen) atoms. The van der Waals surface area contributed by atoms with Gasteiger partial charge in [-0.3, -0.25) is 0 Å². The molecule has 0 fully saturated rings. The summed E-state index contributed by atoms with van der Waals surface area (Å²) in [5, 5.41) is 1.23. The maximum atomic E-state index is 5.92. The van der Waals surface area contributed by atoms with Crippen LogP contribution in [0, 0.1) is 0 Å². The molecule has 0 aliphatic rings. The number of thiocarbonyl (C=S) groups is 1. The second kappa shape index (κ2) is 7.09. The normalized spacial score (nSPS) is 10.6. The molecule has 0 amide bonds. The van der Waals surface area contributed by atoms with E-state index in [1.165, 1.54) is 0 Å². The third-order valence-corrected chi connectivity index (χ3v) is 3.53. The van der Waals surface area contributed by atoms with Crippen LogP contribution in [-0.2, 0) is 0 Å². The van der Waals surface area contributed by atoms with Gasteiger partial charge in [0.25, 0.3) is 0 Å². The lowest BCUT2D eigenvalue weighted by Crippen LogP contribution is -2.12. The molecule has 94 valence electrons. The summed E-state index contributed by atoms with van der Waals surface area (Å²) in [6.45, 7) is 4.94. The van der Waals surface area contributed by atoms with Crippen molar-refractivity contribution in [3.05, 3.63) is 28.8 Å². The van der Waals surface area contributed by atoms with Crippen LogP contribution in [0.5, 0.6) is 5.75 Å². The standard InChI is InChI=1S/C12H16ClNOS2/c1-8(2)17-6-5-15-11-7-9(13)3-4-10(11)12(14)16/h3-4,7-8H,5-6H2,1-2H3,(H2,14,16). The number of thioether (sulfide) groups is 1. The molecule has 0 saturated heterocycles. The van der Waals surface area contributed by atoms with Crippen molar-refractivity contribution in [3.8, 4) is 5.75 Å². The SMILES string of the molecule is CC(C)SCCOc1cc(Cl)ccc1C(N)=S. The highest BCUT2D eigenvalue weighted by Crippen LogP contribution is 2.23. The highest BCUT2D eigenvalue weighted by atomic mass is 35.5. The Bertz CT molecular complexity index is 396. The Morgan fingerprint density at radius 3 is 2.82 bits per heavy atom. The van der Waals surface area contributed by atoms with Crippen LogP contribution in [-0.4, -0.2) is 22.6 Å². The van der Waals surface area contributed by atoms with Crippen LogP contribution in [0.15, 0.2) is 18.2 Å². The summed E-state index contributed by atoms with van der Waals surface area (Å²) < 4.78 is 5.66. The van der Waals surface area contributed by atoms with E-state index in [0.717, 1.165) is 11.3 Å². The topological polar surface area (TPSA) is 35.2 Å². The van der Waals surface area contributed by atoms with Crippen molar-refractivity contribution in [2.24, 2.45) is 5.73 Å². The Labute approximate surface area is 117 Å². The van der Waals surface area contributed by atoms with Crippen LogP contribution < -0.4 is 10.5 Å². The molecule has 2 nitrogen and oxygen atoms in total. The summed E-state index contributed by atoms with van der Waals surface area (Å²) in [5.41, 5.74) is 6.36. The maximum Gasteiger partial charge on any atom is 0.130 e. The zero-order valence-corrected chi connectivity index (χ0v) is 12.3. The van der Waals surface area contributed by atoms with Crippen LogP contribution in [0.1, 0.15) is 19.4 Å². The second-order valence-corrected chi connectivity index (χ2v) is 6.33. The number of ether oxygens (including phenoxy) is 1. The molecule has 2 N–H and O–H groups in total. The van der Waals surface area contributed by atoms with Crippen LogP contribution in [0.2, 0.25) is 5.02 Å². The number of halogens is 1. The molecule has 0 unspecified atom stereocenters. The minimum Gasteiger partial charge on any atom is -0.492 e. The van der Waals surface area contributed by atoms with Crippen molar-refractivity contribution in [2.45, 2.75) is 19.1 Å². The molecular weight excluding hydrogens is 274 g/mol. The van der Waals surface area contributed by atoms with Crippen molar-refractivity contribution in [1.82, 2.24) is 0 Å². The van der Waals surface area contributed by atoms with Gasteiger partial charge in [-0.1, -0.05) is 37.7 Å². The summed E-state index contributed by atoms with van der Waals surface area (Å²) in [5.74, 6) is 1.59. The maximum absolute atomic E-state index is 5.92. The average molecular weight is 290 g/mol. The van der Waals surface area contributed by atoms with E-state index in [2.05, 4.69) is 13.8 Å². The van der Waals surface area contributed by atoms with Gasteiger partial charge >= 0.3 is 0 Å². The first-order chi connectivity index (χ1) is 8.00. The lowest BCUT2D eigenvalue weighted by atomic mass is 10.2. The van der Waals surface area contributed by atoms with E-state index in [-0.39, 0.29) is 0 Å². The fraction of sp³-hybridized carbons (Fsp3) is 0.417. The highest BCUT2D eigenvalue weighted by molar-refractivity contribution is 7.99. The van der Waals surface area contributed by atoms with E-state index < -0.39 is 0 Å². The zero-order chi connectivity index (χ0) is 12.8. The smallest absolute Gasteiger partial charge is 0.130 e. The van der Waals surface area contributed by atoms with Gasteiger partial charge in [-0.2, -0.15) is 11.8 Å². The third-order valence-electron chi connectivity index (χ3n) is 2.00. The molecule has 0 radical (unpaired) electrons. The zero-order valence-electron chi connectivity index (χ0n) is 9.90. The molecule has 0 saturated carbocycles. The number of nitrogens with two attached hydrogens (primary N) is 1. The summed E-state index contributed by atoms with van der Waals surface area (Å²) in [7, 11) is 0. The van der Waals surface area contributed by atoms with E-state index in [9.17, 15) is 0 Å². The predicted molar refractivity (Wildman–Crippen MR) is 80.4 cm³/mol. The first kappa shape index (κ1) is 14.6. The van der Waals surface area contributed by atoms with E-state index in [1.54, 1.807) is 18.2 Å². The van der Waals surface area contributed by atoms with Gasteiger partial charge < -0.3 is 10.5 Å². The predicted octanol–water partition coefficient (Wildman–Crippen LogP) is 3.49. The van der Waals surface area contributed by atoms with Crippen LogP contribution in [0.3, 0.4) is 0 Å². The minimum absolute atomic E-state index is 0.327. The summed E-state index contributed by atoms with van der Waals surface area (Å²) in [6.07, 6.45) is 0. The van der Waals surface area contributed by atoms with E-state index in [0.29, 0.717) is 27.6 Å². The summed E-state index contributed by atoms with van der Waals surface area (Å²) in [6, 6.07) is 5.29. The van der Waals surface area contributed by atoms with Crippen molar-refractivity contribution in [3.63, 3.8) is 0 Å². The first-order valence-corrected chi connectivity index (χ1v) is 7.18. The number of benzene rings is 1. The molecule has 1 aromatic carbocycles. The lowest BCUT2D eigenvalue weighted by molar-refractivity contribution is 0.343. The van der Waals surface area contributed by atoms with Crippen LogP contribution in [0.4, 0.5) is 0 Å². The van der Waals surface area contributed by atoms with Gasteiger partial charge in [-0.05, 0) is 23.4 Å². The number of rotatable bonds is 6. The molecule has 0 spiro atoms. The van der Waals surface area contributed by atoms with E-state index in [1.807, 2.05) is 11.8 Å². The Morgan fingerprint density at radius 1 is 1.53 bits per heavy atom. The molecule has 0 heterocycles. The second-order valence-electron chi connectivity index (χ2n) is 3.77.